The number of rotatable bonds is 14. The Morgan fingerprint density at radius 1 is 0.605 bits per heavy atom. The molecular weight excluding hydrogens is 464 g/mol. The van der Waals surface area contributed by atoms with Gasteiger partial charge in [-0.1, -0.05) is 76.6 Å². The van der Waals surface area contributed by atoms with E-state index in [-0.39, 0.29) is 0 Å². The van der Waals surface area contributed by atoms with Crippen molar-refractivity contribution in [2.24, 2.45) is 23.7 Å². The molecule has 3 rings (SSSR count). The highest BCUT2D eigenvalue weighted by atomic mass is 16.5. The van der Waals surface area contributed by atoms with Crippen LogP contribution in [0.25, 0.3) is 0 Å². The van der Waals surface area contributed by atoms with E-state index in [0.29, 0.717) is 18.2 Å². The molecule has 0 aromatic rings. The summed E-state index contributed by atoms with van der Waals surface area (Å²) < 4.78 is 6.19. The van der Waals surface area contributed by atoms with Gasteiger partial charge in [-0.3, -0.25) is 10.6 Å². The van der Waals surface area contributed by atoms with Gasteiger partial charge in [0.15, 0.2) is 0 Å². The smallest absolute Gasteiger partial charge is 0.0824 e. The van der Waals surface area contributed by atoms with Gasteiger partial charge in [-0.15, -0.1) is 0 Å². The summed E-state index contributed by atoms with van der Waals surface area (Å²) in [7, 11) is 0. The van der Waals surface area contributed by atoms with Gasteiger partial charge in [0, 0.05) is 25.6 Å². The van der Waals surface area contributed by atoms with Crippen LogP contribution in [0, 0.1) is 59.2 Å². The highest BCUT2D eigenvalue weighted by Crippen LogP contribution is 2.41. The summed E-state index contributed by atoms with van der Waals surface area (Å²) >= 11 is 0. The van der Waals surface area contributed by atoms with Gasteiger partial charge in [0.1, 0.15) is 0 Å². The maximum atomic E-state index is 6.19. The summed E-state index contributed by atoms with van der Waals surface area (Å²) in [5.74, 6) is 20.8. The molecule has 3 fully saturated rings. The Hall–Kier alpha value is -1.44. The first kappa shape index (κ1) is 31.1. The largest absolute Gasteiger partial charge is 0.376 e. The Kier molecular flexibility index (Phi) is 16.0. The molecule has 3 nitrogen and oxygen atoms in total. The molecule has 2 N–H and O–H groups in total. The zero-order valence-corrected chi connectivity index (χ0v) is 24.7. The van der Waals surface area contributed by atoms with Crippen LogP contribution < -0.4 is 10.6 Å². The Bertz CT molecular complexity index is 794. The van der Waals surface area contributed by atoms with Gasteiger partial charge < -0.3 is 4.74 Å². The van der Waals surface area contributed by atoms with Gasteiger partial charge in [-0.2, -0.15) is 0 Å². The van der Waals surface area contributed by atoms with E-state index in [1.165, 1.54) is 116 Å². The van der Waals surface area contributed by atoms with Gasteiger partial charge in [-0.05, 0) is 106 Å². The molecule has 0 bridgehead atoms. The van der Waals surface area contributed by atoms with Crippen molar-refractivity contribution >= 4 is 0 Å². The molecule has 3 aliphatic rings. The second-order valence-corrected chi connectivity index (χ2v) is 12.1. The summed E-state index contributed by atoms with van der Waals surface area (Å²) in [5, 5.41) is 7.58. The summed E-state index contributed by atoms with van der Waals surface area (Å²) in [6.07, 6.45) is 25.4. The summed E-state index contributed by atoms with van der Waals surface area (Å²) in [4.78, 5) is 0. The molecule has 212 valence electrons. The molecule has 1 saturated heterocycles. The molecular formula is C35H56N2O. The van der Waals surface area contributed by atoms with Crippen LogP contribution in [0.5, 0.6) is 0 Å². The van der Waals surface area contributed by atoms with E-state index in [4.69, 9.17) is 4.74 Å². The number of hydrogen-bond donors (Lipinski definition) is 2. The Labute approximate surface area is 235 Å². The molecule has 0 atom stereocenters. The predicted octanol–water partition coefficient (Wildman–Crippen LogP) is 7.45. The first-order valence-electron chi connectivity index (χ1n) is 16.3. The number of hydrogen-bond acceptors (Lipinski definition) is 3. The van der Waals surface area contributed by atoms with Crippen molar-refractivity contribution in [1.82, 2.24) is 10.6 Å². The third kappa shape index (κ3) is 12.2. The average molecular weight is 521 g/mol. The summed E-state index contributed by atoms with van der Waals surface area (Å²) in [5.41, 5.74) is 0. The quantitative estimate of drug-likeness (QED) is 0.184. The topological polar surface area (TPSA) is 33.3 Å². The fourth-order valence-electron chi connectivity index (χ4n) is 6.90. The lowest BCUT2D eigenvalue weighted by molar-refractivity contribution is 0.0197. The lowest BCUT2D eigenvalue weighted by atomic mass is 9.69. The van der Waals surface area contributed by atoms with Gasteiger partial charge in [-0.25, -0.2) is 0 Å². The highest BCUT2D eigenvalue weighted by molar-refractivity contribution is 5.35. The molecule has 0 amide bonds. The molecule has 2 saturated carbocycles. The molecule has 1 aliphatic heterocycles. The van der Waals surface area contributed by atoms with Crippen LogP contribution >= 0.6 is 0 Å². The lowest BCUT2D eigenvalue weighted by Crippen LogP contribution is -2.59. The first-order chi connectivity index (χ1) is 18.8. The standard InChI is InChI=1S/C35H56N2O/c1-3-5-7-9-10-11-12-13-15-17-27-38-34-28-36-35(37-29-34)33-25-23-32(24-26-33)31-21-19-30(20-22-31)18-16-14-8-6-4-2/h30-37H,3,5,7,9-13,15,17,19-29H2,1-2H3. The lowest BCUT2D eigenvalue weighted by Gasteiger charge is -2.41. The van der Waals surface area contributed by atoms with Crippen LogP contribution in [0.15, 0.2) is 0 Å². The Balaban J connectivity index is 1.18. The number of unbranched alkanes of at least 4 members (excludes halogenated alkanes) is 9. The monoisotopic (exact) mass is 520 g/mol. The first-order valence-corrected chi connectivity index (χ1v) is 16.3. The van der Waals surface area contributed by atoms with Gasteiger partial charge in [0.2, 0.25) is 0 Å². The third-order valence-electron chi connectivity index (χ3n) is 9.30. The van der Waals surface area contributed by atoms with Crippen LogP contribution in [0.1, 0.15) is 129 Å². The van der Waals surface area contributed by atoms with E-state index in [1.807, 2.05) is 6.92 Å². The number of ether oxygens (including phenoxy) is 1. The van der Waals surface area contributed by atoms with Crippen LogP contribution in [0.4, 0.5) is 0 Å². The van der Waals surface area contributed by atoms with E-state index in [1.54, 1.807) is 0 Å². The molecule has 38 heavy (non-hydrogen) atoms. The molecule has 3 heteroatoms. The molecule has 0 radical (unpaired) electrons. The molecule has 0 unspecified atom stereocenters. The van der Waals surface area contributed by atoms with Gasteiger partial charge in [0.25, 0.3) is 0 Å². The molecule has 0 aromatic carbocycles. The minimum atomic E-state index is 0.338. The van der Waals surface area contributed by atoms with E-state index < -0.39 is 0 Å². The molecule has 0 spiro atoms. The molecule has 2 aliphatic carbocycles. The van der Waals surface area contributed by atoms with E-state index in [2.05, 4.69) is 53.1 Å². The SMILES string of the molecule is CC#CC#CC#CC1CCC(C2CCC(C3NCC(OCCCCCCCCCCCC)CN3)CC2)CC1. The maximum absolute atomic E-state index is 6.19. The normalized spacial score (nSPS) is 29.2. The predicted molar refractivity (Wildman–Crippen MR) is 161 cm³/mol. The fourth-order valence-corrected chi connectivity index (χ4v) is 6.90. The maximum Gasteiger partial charge on any atom is 0.0824 e. The van der Waals surface area contributed by atoms with Crippen molar-refractivity contribution in [2.45, 2.75) is 142 Å². The van der Waals surface area contributed by atoms with E-state index in [9.17, 15) is 0 Å². The minimum absolute atomic E-state index is 0.338. The van der Waals surface area contributed by atoms with E-state index >= 15 is 0 Å². The van der Waals surface area contributed by atoms with Crippen LogP contribution in [-0.4, -0.2) is 32.0 Å². The van der Waals surface area contributed by atoms with Crippen molar-refractivity contribution in [2.75, 3.05) is 19.7 Å². The van der Waals surface area contributed by atoms with Crippen LogP contribution in [0.3, 0.4) is 0 Å². The second kappa shape index (κ2) is 19.6. The highest BCUT2D eigenvalue weighted by Gasteiger charge is 2.34. The summed E-state index contributed by atoms with van der Waals surface area (Å²) in [6.45, 7) is 7.05. The second-order valence-electron chi connectivity index (χ2n) is 12.1. The van der Waals surface area contributed by atoms with Crippen LogP contribution in [-0.2, 0) is 4.74 Å². The van der Waals surface area contributed by atoms with Crippen molar-refractivity contribution in [3.8, 4) is 35.5 Å². The van der Waals surface area contributed by atoms with Gasteiger partial charge >= 0.3 is 0 Å². The summed E-state index contributed by atoms with van der Waals surface area (Å²) in [6, 6.07) is 0. The fraction of sp³-hybridized carbons (Fsp3) is 0.829. The minimum Gasteiger partial charge on any atom is -0.376 e. The van der Waals surface area contributed by atoms with Gasteiger partial charge in [0.05, 0.1) is 12.3 Å². The van der Waals surface area contributed by atoms with Crippen molar-refractivity contribution in [3.63, 3.8) is 0 Å². The molecule has 0 aromatic heterocycles. The average Bonchev–Trinajstić information content (AvgIpc) is 2.97. The Morgan fingerprint density at radius 2 is 1.13 bits per heavy atom. The van der Waals surface area contributed by atoms with Crippen molar-refractivity contribution in [1.29, 1.82) is 0 Å². The number of nitrogens with one attached hydrogen (secondary N) is 2. The van der Waals surface area contributed by atoms with Crippen LogP contribution in [0.2, 0.25) is 0 Å². The third-order valence-corrected chi connectivity index (χ3v) is 9.30. The zero-order valence-electron chi connectivity index (χ0n) is 24.7. The van der Waals surface area contributed by atoms with Crippen molar-refractivity contribution in [3.05, 3.63) is 0 Å². The van der Waals surface area contributed by atoms with E-state index in [0.717, 1.165) is 37.5 Å². The Morgan fingerprint density at radius 3 is 1.74 bits per heavy atom. The molecule has 1 heterocycles. The zero-order chi connectivity index (χ0) is 26.7. The van der Waals surface area contributed by atoms with Crippen molar-refractivity contribution < 1.29 is 4.74 Å².